The van der Waals surface area contributed by atoms with Crippen molar-refractivity contribution in [2.24, 2.45) is 0 Å². The third-order valence-corrected chi connectivity index (χ3v) is 4.78. The standard InChI is InChI=1S/C15H11ClF3IS/c1-9(20)13-6-5-12(8-14(13)16)21-11-4-2-3-10(7-11)15(17,18)19/h2-9H,1H3. The maximum atomic E-state index is 12.7. The van der Waals surface area contributed by atoms with Gasteiger partial charge in [-0.1, -0.05) is 58.1 Å². The van der Waals surface area contributed by atoms with Crippen molar-refractivity contribution in [1.82, 2.24) is 0 Å². The molecule has 0 amide bonds. The van der Waals surface area contributed by atoms with Crippen LogP contribution in [0.3, 0.4) is 0 Å². The molecule has 0 aliphatic carbocycles. The van der Waals surface area contributed by atoms with Crippen LogP contribution in [0.25, 0.3) is 0 Å². The molecule has 2 rings (SSSR count). The minimum Gasteiger partial charge on any atom is -0.166 e. The molecule has 0 aliphatic heterocycles. The summed E-state index contributed by atoms with van der Waals surface area (Å²) < 4.78 is 38.3. The maximum Gasteiger partial charge on any atom is 0.416 e. The van der Waals surface area contributed by atoms with Crippen molar-refractivity contribution < 1.29 is 13.2 Å². The smallest absolute Gasteiger partial charge is 0.166 e. The number of rotatable bonds is 3. The molecule has 0 bridgehead atoms. The summed E-state index contributed by atoms with van der Waals surface area (Å²) in [5.74, 6) is 0. The fourth-order valence-corrected chi connectivity index (χ4v) is 3.82. The summed E-state index contributed by atoms with van der Waals surface area (Å²) in [6, 6.07) is 10.9. The molecule has 0 aliphatic rings. The van der Waals surface area contributed by atoms with Gasteiger partial charge in [-0.2, -0.15) is 13.2 Å². The summed E-state index contributed by atoms with van der Waals surface area (Å²) >= 11 is 9.73. The minimum atomic E-state index is -4.32. The fraction of sp³-hybridized carbons (Fsp3) is 0.200. The van der Waals surface area contributed by atoms with Crippen molar-refractivity contribution in [3.63, 3.8) is 0 Å². The highest BCUT2D eigenvalue weighted by atomic mass is 127. The van der Waals surface area contributed by atoms with E-state index in [0.29, 0.717) is 9.92 Å². The predicted octanol–water partition coefficient (Wildman–Crippen LogP) is 7.01. The fourth-order valence-electron chi connectivity index (χ4n) is 1.77. The van der Waals surface area contributed by atoms with Crippen LogP contribution < -0.4 is 0 Å². The largest absolute Gasteiger partial charge is 0.416 e. The molecule has 0 nitrogen and oxygen atoms in total. The molecular weight excluding hydrogens is 432 g/mol. The Balaban J connectivity index is 2.25. The zero-order valence-electron chi connectivity index (χ0n) is 10.9. The van der Waals surface area contributed by atoms with E-state index in [1.807, 2.05) is 19.1 Å². The molecular formula is C15H11ClF3IS. The molecule has 0 N–H and O–H groups in total. The molecule has 1 atom stereocenters. The summed E-state index contributed by atoms with van der Waals surface area (Å²) in [4.78, 5) is 1.36. The van der Waals surface area contributed by atoms with Gasteiger partial charge < -0.3 is 0 Å². The highest BCUT2D eigenvalue weighted by Gasteiger charge is 2.30. The number of hydrogen-bond donors (Lipinski definition) is 0. The van der Waals surface area contributed by atoms with Crippen LogP contribution in [0.1, 0.15) is 22.0 Å². The molecule has 112 valence electrons. The van der Waals surface area contributed by atoms with E-state index in [2.05, 4.69) is 22.6 Å². The molecule has 0 heterocycles. The van der Waals surface area contributed by atoms with E-state index in [1.54, 1.807) is 12.1 Å². The Kier molecular flexibility index (Phi) is 5.48. The molecule has 0 aromatic heterocycles. The quantitative estimate of drug-likeness (QED) is 0.364. The SMILES string of the molecule is CC(I)c1ccc(Sc2cccc(C(F)(F)F)c2)cc1Cl. The first-order valence-electron chi connectivity index (χ1n) is 6.06. The van der Waals surface area contributed by atoms with Crippen LogP contribution in [0.4, 0.5) is 13.2 Å². The predicted molar refractivity (Wildman–Crippen MR) is 89.5 cm³/mol. The number of hydrogen-bond acceptors (Lipinski definition) is 1. The number of benzene rings is 2. The topological polar surface area (TPSA) is 0 Å². The molecule has 0 radical (unpaired) electrons. The van der Waals surface area contributed by atoms with Crippen molar-refractivity contribution in [2.45, 2.75) is 26.8 Å². The van der Waals surface area contributed by atoms with Gasteiger partial charge in [0.25, 0.3) is 0 Å². The van der Waals surface area contributed by atoms with Crippen LogP contribution in [0, 0.1) is 0 Å². The first kappa shape index (κ1) is 17.0. The molecule has 1 unspecified atom stereocenters. The summed E-state index contributed by atoms with van der Waals surface area (Å²) in [5, 5.41) is 0.633. The third kappa shape index (κ3) is 4.53. The van der Waals surface area contributed by atoms with Crippen LogP contribution in [0.15, 0.2) is 52.3 Å². The molecule has 0 saturated carbocycles. The highest BCUT2D eigenvalue weighted by Crippen LogP contribution is 2.37. The van der Waals surface area contributed by atoms with Crippen LogP contribution in [-0.4, -0.2) is 0 Å². The first-order chi connectivity index (χ1) is 9.77. The second-order valence-electron chi connectivity index (χ2n) is 4.43. The lowest BCUT2D eigenvalue weighted by Crippen LogP contribution is -2.04. The van der Waals surface area contributed by atoms with Gasteiger partial charge in [-0.15, -0.1) is 0 Å². The minimum absolute atomic E-state index is 0.280. The van der Waals surface area contributed by atoms with Gasteiger partial charge in [0.05, 0.1) is 5.56 Å². The monoisotopic (exact) mass is 442 g/mol. The van der Waals surface area contributed by atoms with Gasteiger partial charge in [0.15, 0.2) is 0 Å². The van der Waals surface area contributed by atoms with Crippen LogP contribution in [0.5, 0.6) is 0 Å². The number of halogens is 5. The Labute approximate surface area is 144 Å². The Hall–Kier alpha value is -0.400. The van der Waals surface area contributed by atoms with Crippen LogP contribution >= 0.6 is 46.0 Å². The molecule has 2 aromatic carbocycles. The van der Waals surface area contributed by atoms with E-state index in [-0.39, 0.29) is 3.92 Å². The van der Waals surface area contributed by atoms with E-state index in [0.717, 1.165) is 22.6 Å². The highest BCUT2D eigenvalue weighted by molar-refractivity contribution is 14.1. The lowest BCUT2D eigenvalue weighted by atomic mass is 10.2. The molecule has 6 heteroatoms. The molecule has 0 fully saturated rings. The van der Waals surface area contributed by atoms with Gasteiger partial charge in [-0.3, -0.25) is 0 Å². The Bertz CT molecular complexity index is 641. The average molecular weight is 443 g/mol. The summed E-state index contributed by atoms with van der Waals surface area (Å²) in [7, 11) is 0. The van der Waals surface area contributed by atoms with Gasteiger partial charge in [0, 0.05) is 18.7 Å². The van der Waals surface area contributed by atoms with Crippen molar-refractivity contribution in [3.8, 4) is 0 Å². The van der Waals surface area contributed by atoms with E-state index in [9.17, 15) is 13.2 Å². The molecule has 0 spiro atoms. The van der Waals surface area contributed by atoms with E-state index >= 15 is 0 Å². The summed E-state index contributed by atoms with van der Waals surface area (Å²) in [6.07, 6.45) is -4.32. The van der Waals surface area contributed by atoms with Crippen molar-refractivity contribution >= 4 is 46.0 Å². The normalized spacial score (nSPS) is 13.2. The Morgan fingerprint density at radius 3 is 2.33 bits per heavy atom. The second-order valence-corrected chi connectivity index (χ2v) is 7.85. The van der Waals surface area contributed by atoms with Gasteiger partial charge in [-0.05, 0) is 42.8 Å². The molecule has 2 aromatic rings. The van der Waals surface area contributed by atoms with Crippen LogP contribution in [0.2, 0.25) is 5.02 Å². The van der Waals surface area contributed by atoms with E-state index in [1.165, 1.54) is 17.8 Å². The zero-order valence-corrected chi connectivity index (χ0v) is 14.6. The lowest BCUT2D eigenvalue weighted by Gasteiger charge is -2.10. The van der Waals surface area contributed by atoms with E-state index < -0.39 is 11.7 Å². The van der Waals surface area contributed by atoms with Crippen molar-refractivity contribution in [3.05, 3.63) is 58.6 Å². The van der Waals surface area contributed by atoms with Crippen LogP contribution in [-0.2, 0) is 6.18 Å². The Morgan fingerprint density at radius 2 is 1.76 bits per heavy atom. The van der Waals surface area contributed by atoms with Gasteiger partial charge in [0.2, 0.25) is 0 Å². The van der Waals surface area contributed by atoms with Gasteiger partial charge >= 0.3 is 6.18 Å². The lowest BCUT2D eigenvalue weighted by molar-refractivity contribution is -0.137. The van der Waals surface area contributed by atoms with Gasteiger partial charge in [-0.25, -0.2) is 0 Å². The van der Waals surface area contributed by atoms with Gasteiger partial charge in [0.1, 0.15) is 0 Å². The van der Waals surface area contributed by atoms with Crippen molar-refractivity contribution in [2.75, 3.05) is 0 Å². The van der Waals surface area contributed by atoms with E-state index in [4.69, 9.17) is 11.6 Å². The maximum absolute atomic E-state index is 12.7. The molecule has 21 heavy (non-hydrogen) atoms. The summed E-state index contributed by atoms with van der Waals surface area (Å²) in [6.45, 7) is 2.03. The molecule has 0 saturated heterocycles. The first-order valence-corrected chi connectivity index (χ1v) is 8.50. The number of alkyl halides is 4. The second kappa shape index (κ2) is 6.79. The zero-order chi connectivity index (χ0) is 15.6. The summed E-state index contributed by atoms with van der Waals surface area (Å²) in [5.41, 5.74) is 0.377. The Morgan fingerprint density at radius 1 is 1.10 bits per heavy atom. The third-order valence-electron chi connectivity index (χ3n) is 2.80. The average Bonchev–Trinajstić information content (AvgIpc) is 2.37. The van der Waals surface area contributed by atoms with Crippen molar-refractivity contribution in [1.29, 1.82) is 0 Å².